The summed E-state index contributed by atoms with van der Waals surface area (Å²) in [5.41, 5.74) is 0.0994. The standard InChI is InChI=1S/C15H23NO2.ClH/c1-16(2)11-13-6-3-4-9-15(13,18)12-7-5-8-14(17)10-12;/h5,7-8,10,13,17-18H,3-4,6,9,11H2,1-2H3;1H/t13-,15+;/m1./s1. The molecule has 19 heavy (non-hydrogen) atoms. The molecule has 1 fully saturated rings. The van der Waals surface area contributed by atoms with E-state index < -0.39 is 5.60 Å². The van der Waals surface area contributed by atoms with E-state index >= 15 is 0 Å². The number of benzene rings is 1. The Bertz CT molecular complexity index is 411. The minimum absolute atomic E-state index is 0. The fraction of sp³-hybridized carbons (Fsp3) is 0.600. The predicted molar refractivity (Wildman–Crippen MR) is 71.6 cm³/mol. The van der Waals surface area contributed by atoms with Crippen molar-refractivity contribution in [3.8, 4) is 5.75 Å². The second-order valence-corrected chi connectivity index (χ2v) is 5.83. The van der Waals surface area contributed by atoms with Crippen LogP contribution in [0.3, 0.4) is 0 Å². The Morgan fingerprint density at radius 1 is 1.32 bits per heavy atom. The van der Waals surface area contributed by atoms with Crippen LogP contribution in [-0.4, -0.2) is 30.9 Å². The molecule has 0 heterocycles. The van der Waals surface area contributed by atoms with Gasteiger partial charge in [-0.25, -0.2) is 0 Å². The van der Waals surface area contributed by atoms with Crippen molar-refractivity contribution in [3.05, 3.63) is 29.8 Å². The lowest BCUT2D eigenvalue weighted by atomic mass is 9.71. The molecule has 1 aliphatic carbocycles. The normalized spacial score (nSPS) is 27.1. The largest absolute Gasteiger partial charge is 1.00 e. The maximum atomic E-state index is 11.1. The summed E-state index contributed by atoms with van der Waals surface area (Å²) in [6.07, 6.45) is 4.12. The van der Waals surface area contributed by atoms with Gasteiger partial charge in [0.2, 0.25) is 0 Å². The molecular weight excluding hydrogens is 262 g/mol. The number of hydrogen-bond donors (Lipinski definition) is 3. The lowest BCUT2D eigenvalue weighted by Crippen LogP contribution is -3.06. The first-order valence-corrected chi connectivity index (χ1v) is 6.83. The minimum atomic E-state index is -0.770. The zero-order valence-electron chi connectivity index (χ0n) is 11.7. The van der Waals surface area contributed by atoms with Crippen LogP contribution in [0.25, 0.3) is 0 Å². The van der Waals surface area contributed by atoms with Gasteiger partial charge < -0.3 is 27.5 Å². The summed E-state index contributed by atoms with van der Waals surface area (Å²) in [6.45, 7) is 0.964. The first-order chi connectivity index (χ1) is 8.52. The smallest absolute Gasteiger partial charge is 0.115 e. The van der Waals surface area contributed by atoms with E-state index in [0.717, 1.165) is 31.4 Å². The van der Waals surface area contributed by atoms with E-state index in [1.54, 1.807) is 12.1 Å². The van der Waals surface area contributed by atoms with Gasteiger partial charge in [0.15, 0.2) is 0 Å². The van der Waals surface area contributed by atoms with Crippen LogP contribution in [0.1, 0.15) is 31.2 Å². The molecule has 1 saturated carbocycles. The van der Waals surface area contributed by atoms with E-state index in [2.05, 4.69) is 14.1 Å². The Labute approximate surface area is 121 Å². The Morgan fingerprint density at radius 3 is 2.68 bits per heavy atom. The van der Waals surface area contributed by atoms with E-state index in [-0.39, 0.29) is 24.1 Å². The number of aliphatic hydroxyl groups is 1. The second kappa shape index (κ2) is 6.60. The molecule has 2 atom stereocenters. The average molecular weight is 286 g/mol. The molecule has 1 aliphatic rings. The topological polar surface area (TPSA) is 44.9 Å². The lowest BCUT2D eigenvalue weighted by Gasteiger charge is -2.40. The van der Waals surface area contributed by atoms with Crippen molar-refractivity contribution < 1.29 is 27.5 Å². The summed E-state index contributed by atoms with van der Waals surface area (Å²) >= 11 is 0. The molecule has 2 rings (SSSR count). The van der Waals surface area contributed by atoms with Gasteiger partial charge >= 0.3 is 0 Å². The molecule has 0 spiro atoms. The molecule has 0 aromatic heterocycles. The van der Waals surface area contributed by atoms with Crippen molar-refractivity contribution in [2.75, 3.05) is 20.6 Å². The van der Waals surface area contributed by atoms with Crippen molar-refractivity contribution in [2.24, 2.45) is 5.92 Å². The summed E-state index contributed by atoms with van der Waals surface area (Å²) in [5.74, 6) is 0.514. The van der Waals surface area contributed by atoms with Crippen LogP contribution in [0.15, 0.2) is 24.3 Å². The highest BCUT2D eigenvalue weighted by Crippen LogP contribution is 2.41. The molecular formula is C15H24ClNO2. The minimum Gasteiger partial charge on any atom is -1.00 e. The van der Waals surface area contributed by atoms with Gasteiger partial charge in [-0.05, 0) is 30.5 Å². The SMILES string of the molecule is C[NH+](C)C[C@H]1CCCC[C@]1(O)c1cccc(O)c1.[Cl-]. The number of rotatable bonds is 3. The highest BCUT2D eigenvalue weighted by Gasteiger charge is 2.41. The lowest BCUT2D eigenvalue weighted by molar-refractivity contribution is -0.863. The van der Waals surface area contributed by atoms with Gasteiger partial charge in [-0.3, -0.25) is 0 Å². The third kappa shape index (κ3) is 3.62. The first-order valence-electron chi connectivity index (χ1n) is 6.83. The van der Waals surface area contributed by atoms with Crippen LogP contribution in [0, 0.1) is 5.92 Å². The molecule has 108 valence electrons. The van der Waals surface area contributed by atoms with Crippen molar-refractivity contribution >= 4 is 0 Å². The van der Waals surface area contributed by atoms with Crippen LogP contribution in [0.2, 0.25) is 0 Å². The Kier molecular flexibility index (Phi) is 5.65. The highest BCUT2D eigenvalue weighted by molar-refractivity contribution is 5.32. The van der Waals surface area contributed by atoms with Gasteiger partial charge in [0.25, 0.3) is 0 Å². The number of nitrogens with one attached hydrogen (secondary N) is 1. The summed E-state index contributed by atoms with van der Waals surface area (Å²) in [7, 11) is 4.25. The number of quaternary nitrogens is 1. The van der Waals surface area contributed by atoms with E-state index in [9.17, 15) is 10.2 Å². The zero-order chi connectivity index (χ0) is 13.2. The van der Waals surface area contributed by atoms with Crippen LogP contribution in [0.4, 0.5) is 0 Å². The van der Waals surface area contributed by atoms with Crippen molar-refractivity contribution in [3.63, 3.8) is 0 Å². The van der Waals surface area contributed by atoms with Gasteiger partial charge in [0.1, 0.15) is 5.75 Å². The number of phenols is 1. The fourth-order valence-corrected chi connectivity index (χ4v) is 3.15. The maximum Gasteiger partial charge on any atom is 0.115 e. The van der Waals surface area contributed by atoms with Gasteiger partial charge in [-0.2, -0.15) is 0 Å². The van der Waals surface area contributed by atoms with Crippen molar-refractivity contribution in [1.29, 1.82) is 0 Å². The summed E-state index contributed by atoms with van der Waals surface area (Å²) < 4.78 is 0. The summed E-state index contributed by atoms with van der Waals surface area (Å²) in [5, 5.41) is 20.7. The number of aromatic hydroxyl groups is 1. The molecule has 0 saturated heterocycles. The molecule has 0 amide bonds. The second-order valence-electron chi connectivity index (χ2n) is 5.83. The third-order valence-electron chi connectivity index (χ3n) is 4.04. The Morgan fingerprint density at radius 2 is 2.05 bits per heavy atom. The predicted octanol–water partition coefficient (Wildman–Crippen LogP) is -2.08. The van der Waals surface area contributed by atoms with Gasteiger partial charge in [0.05, 0.1) is 26.2 Å². The quantitative estimate of drug-likeness (QED) is 0.597. The van der Waals surface area contributed by atoms with Crippen LogP contribution < -0.4 is 17.3 Å². The average Bonchev–Trinajstić information content (AvgIpc) is 2.32. The van der Waals surface area contributed by atoms with Crippen molar-refractivity contribution in [2.45, 2.75) is 31.3 Å². The number of halogens is 1. The number of phenolic OH excluding ortho intramolecular Hbond substituents is 1. The van der Waals surface area contributed by atoms with Crippen LogP contribution in [0.5, 0.6) is 5.75 Å². The Hall–Kier alpha value is -0.770. The molecule has 0 radical (unpaired) electrons. The number of hydrogen-bond acceptors (Lipinski definition) is 2. The van der Waals surface area contributed by atoms with Gasteiger partial charge in [-0.15, -0.1) is 0 Å². The van der Waals surface area contributed by atoms with Gasteiger partial charge in [-0.1, -0.05) is 25.0 Å². The van der Waals surface area contributed by atoms with Crippen LogP contribution in [-0.2, 0) is 5.60 Å². The highest BCUT2D eigenvalue weighted by atomic mass is 35.5. The monoisotopic (exact) mass is 285 g/mol. The molecule has 0 unspecified atom stereocenters. The molecule has 1 aromatic rings. The first kappa shape index (κ1) is 16.3. The van der Waals surface area contributed by atoms with E-state index in [4.69, 9.17) is 0 Å². The molecule has 3 nitrogen and oxygen atoms in total. The van der Waals surface area contributed by atoms with Gasteiger partial charge in [0, 0.05) is 5.92 Å². The molecule has 1 aromatic carbocycles. The maximum absolute atomic E-state index is 11.1. The Balaban J connectivity index is 0.00000180. The molecule has 0 bridgehead atoms. The molecule has 4 heteroatoms. The third-order valence-corrected chi connectivity index (χ3v) is 4.04. The van der Waals surface area contributed by atoms with Crippen LogP contribution >= 0.6 is 0 Å². The zero-order valence-corrected chi connectivity index (χ0v) is 12.5. The molecule has 0 aliphatic heterocycles. The van der Waals surface area contributed by atoms with E-state index in [1.165, 1.54) is 11.3 Å². The van der Waals surface area contributed by atoms with E-state index in [1.807, 2.05) is 12.1 Å². The fourth-order valence-electron chi connectivity index (χ4n) is 3.15. The summed E-state index contributed by atoms with van der Waals surface area (Å²) in [4.78, 5) is 1.36. The van der Waals surface area contributed by atoms with Crippen molar-refractivity contribution in [1.82, 2.24) is 0 Å². The molecule has 3 N–H and O–H groups in total. The summed E-state index contributed by atoms with van der Waals surface area (Å²) in [6, 6.07) is 7.12. The van der Waals surface area contributed by atoms with E-state index in [0.29, 0.717) is 0 Å².